The average Bonchev–Trinajstić information content (AvgIpc) is 1.79. The van der Waals surface area contributed by atoms with Crippen LogP contribution < -0.4 is 9.86 Å². The molecule has 0 rings (SSSR count). The molecule has 0 aromatic rings. The summed E-state index contributed by atoms with van der Waals surface area (Å²) in [4.78, 5) is 0. The normalized spacial score (nSPS) is 14.5. The largest absolute Gasteiger partial charge is 0.274 e. The van der Waals surface area contributed by atoms with Crippen molar-refractivity contribution in [3.8, 4) is 0 Å². The Bertz CT molecular complexity index is 367. The van der Waals surface area contributed by atoms with Crippen LogP contribution in [0.25, 0.3) is 0 Å². The van der Waals surface area contributed by atoms with Crippen LogP contribution in [0.5, 0.6) is 0 Å². The molecule has 0 aliphatic rings. The van der Waals surface area contributed by atoms with Crippen LogP contribution in [0.2, 0.25) is 0 Å². The van der Waals surface area contributed by atoms with Crippen LogP contribution in [-0.4, -0.2) is 34.4 Å². The van der Waals surface area contributed by atoms with E-state index in [0.29, 0.717) is 0 Å². The summed E-state index contributed by atoms with van der Waals surface area (Å²) in [5.41, 5.74) is 0. The minimum Gasteiger partial charge on any atom is -0.229 e. The molecule has 0 heterocycles. The summed E-state index contributed by atoms with van der Waals surface area (Å²) >= 11 is 0. The molecule has 3 N–H and O–H groups in total. The minimum absolute atomic E-state index is 0.231. The zero-order chi connectivity index (χ0) is 10.9. The fourth-order valence-corrected chi connectivity index (χ4v) is 1.39. The lowest BCUT2D eigenvalue weighted by atomic mass is 10.2. The highest BCUT2D eigenvalue weighted by Gasteiger charge is 2.30. The fraction of sp³-hybridized carbons (Fsp3) is 1.00. The summed E-state index contributed by atoms with van der Waals surface area (Å²) in [6.45, 7) is 2.60. The maximum Gasteiger partial charge on any atom is 0.274 e. The van der Waals surface area contributed by atoms with Gasteiger partial charge in [-0.05, 0) is 13.8 Å². The summed E-state index contributed by atoms with van der Waals surface area (Å²) in [5, 5.41) is 4.65. The van der Waals surface area contributed by atoms with Gasteiger partial charge in [-0.15, -0.1) is 0 Å². The van der Waals surface area contributed by atoms with Gasteiger partial charge in [0.1, 0.15) is 0 Å². The first kappa shape index (κ1) is 12.8. The van der Waals surface area contributed by atoms with E-state index in [9.17, 15) is 16.8 Å². The summed E-state index contributed by atoms with van der Waals surface area (Å²) in [7, 11) is -7.14. The number of hydrogen-bond acceptors (Lipinski definition) is 4. The van der Waals surface area contributed by atoms with E-state index >= 15 is 0 Å². The van der Waals surface area contributed by atoms with Crippen molar-refractivity contribution in [3.05, 3.63) is 0 Å². The summed E-state index contributed by atoms with van der Waals surface area (Å²) in [6.07, 6.45) is 1.04. The smallest absolute Gasteiger partial charge is 0.229 e. The maximum atomic E-state index is 11.1. The SMILES string of the molecule is CC(C)(CNS(N)(=O)=O)S(C)(=O)=O. The first-order valence-electron chi connectivity index (χ1n) is 3.43. The van der Waals surface area contributed by atoms with Gasteiger partial charge in [0, 0.05) is 12.8 Å². The Balaban J connectivity index is 4.57. The second-order valence-electron chi connectivity index (χ2n) is 3.40. The molecule has 80 valence electrons. The van der Waals surface area contributed by atoms with Crippen LogP contribution in [0.15, 0.2) is 0 Å². The van der Waals surface area contributed by atoms with E-state index < -0.39 is 24.8 Å². The van der Waals surface area contributed by atoms with Gasteiger partial charge in [0.15, 0.2) is 9.84 Å². The van der Waals surface area contributed by atoms with E-state index in [-0.39, 0.29) is 6.54 Å². The van der Waals surface area contributed by atoms with Crippen molar-refractivity contribution >= 4 is 20.0 Å². The van der Waals surface area contributed by atoms with Crippen LogP contribution >= 0.6 is 0 Å². The van der Waals surface area contributed by atoms with Crippen molar-refractivity contribution < 1.29 is 16.8 Å². The monoisotopic (exact) mass is 230 g/mol. The Labute approximate surface area is 78.6 Å². The highest BCUT2D eigenvalue weighted by atomic mass is 32.2. The number of nitrogens with one attached hydrogen (secondary N) is 1. The van der Waals surface area contributed by atoms with Crippen LogP contribution in [0, 0.1) is 0 Å². The van der Waals surface area contributed by atoms with Crippen LogP contribution in [0.3, 0.4) is 0 Å². The third-order valence-electron chi connectivity index (χ3n) is 1.70. The van der Waals surface area contributed by atoms with E-state index in [0.717, 1.165) is 6.26 Å². The molecule has 0 saturated carbocycles. The maximum absolute atomic E-state index is 11.1. The van der Waals surface area contributed by atoms with Crippen molar-refractivity contribution in [3.63, 3.8) is 0 Å². The minimum atomic E-state index is -3.83. The Morgan fingerprint density at radius 2 is 1.62 bits per heavy atom. The Morgan fingerprint density at radius 3 is 1.85 bits per heavy atom. The molecule has 6 nitrogen and oxygen atoms in total. The molecule has 0 fully saturated rings. The van der Waals surface area contributed by atoms with Crippen molar-refractivity contribution in [1.82, 2.24) is 4.72 Å². The zero-order valence-electron chi connectivity index (χ0n) is 7.73. The third-order valence-corrected chi connectivity index (χ3v) is 4.40. The van der Waals surface area contributed by atoms with Gasteiger partial charge in [-0.2, -0.15) is 8.42 Å². The lowest BCUT2D eigenvalue weighted by Crippen LogP contribution is -2.45. The van der Waals surface area contributed by atoms with Crippen molar-refractivity contribution in [2.75, 3.05) is 12.8 Å². The molecule has 0 aliphatic heterocycles. The highest BCUT2D eigenvalue weighted by molar-refractivity contribution is 7.92. The molecule has 0 spiro atoms. The molecule has 0 aromatic heterocycles. The van der Waals surface area contributed by atoms with Gasteiger partial charge >= 0.3 is 0 Å². The number of sulfone groups is 1. The lowest BCUT2D eigenvalue weighted by molar-refractivity contribution is 0.537. The molecule has 8 heteroatoms. The second kappa shape index (κ2) is 3.52. The van der Waals surface area contributed by atoms with Gasteiger partial charge in [0.05, 0.1) is 4.75 Å². The molecule has 0 aromatic carbocycles. The van der Waals surface area contributed by atoms with E-state index in [1.165, 1.54) is 13.8 Å². The standard InChI is InChI=1S/C5H14N2O4S2/c1-5(2,12(3,8)9)4-7-13(6,10)11/h7H,4H2,1-3H3,(H2,6,10,11). The van der Waals surface area contributed by atoms with Gasteiger partial charge in [0.2, 0.25) is 0 Å². The average molecular weight is 230 g/mol. The lowest BCUT2D eigenvalue weighted by Gasteiger charge is -2.21. The number of rotatable bonds is 4. The van der Waals surface area contributed by atoms with E-state index in [1.807, 2.05) is 4.72 Å². The van der Waals surface area contributed by atoms with Gasteiger partial charge in [-0.1, -0.05) is 0 Å². The molecule has 0 bridgehead atoms. The molecule has 0 aliphatic carbocycles. The predicted molar refractivity (Wildman–Crippen MR) is 50.0 cm³/mol. The van der Waals surface area contributed by atoms with Crippen LogP contribution in [-0.2, 0) is 20.0 Å². The van der Waals surface area contributed by atoms with E-state index in [1.54, 1.807) is 0 Å². The Morgan fingerprint density at radius 1 is 1.23 bits per heavy atom. The van der Waals surface area contributed by atoms with Gasteiger partial charge < -0.3 is 0 Å². The number of hydrogen-bond donors (Lipinski definition) is 2. The molecule has 0 unspecified atom stereocenters. The third kappa shape index (κ3) is 4.55. The summed E-state index contributed by atoms with van der Waals surface area (Å²) in [6, 6.07) is 0. The van der Waals surface area contributed by atoms with Gasteiger partial charge in [0.25, 0.3) is 10.2 Å². The van der Waals surface area contributed by atoms with Gasteiger partial charge in [-0.3, -0.25) is 0 Å². The fourth-order valence-electron chi connectivity index (χ4n) is 0.405. The second-order valence-corrected chi connectivity index (χ2v) is 7.43. The number of nitrogens with two attached hydrogens (primary N) is 1. The van der Waals surface area contributed by atoms with E-state index in [2.05, 4.69) is 5.14 Å². The summed E-state index contributed by atoms with van der Waals surface area (Å²) in [5.74, 6) is 0. The van der Waals surface area contributed by atoms with Crippen molar-refractivity contribution in [1.29, 1.82) is 0 Å². The van der Waals surface area contributed by atoms with Crippen LogP contribution in [0.4, 0.5) is 0 Å². The predicted octanol–water partition coefficient (Wildman–Crippen LogP) is -1.40. The Kier molecular flexibility index (Phi) is 3.47. The van der Waals surface area contributed by atoms with Gasteiger partial charge in [-0.25, -0.2) is 18.3 Å². The zero-order valence-corrected chi connectivity index (χ0v) is 9.37. The molecule has 0 amide bonds. The molecular formula is C5H14N2O4S2. The molecule has 0 radical (unpaired) electrons. The van der Waals surface area contributed by atoms with Crippen LogP contribution in [0.1, 0.15) is 13.8 Å². The molecule has 0 saturated heterocycles. The first-order valence-corrected chi connectivity index (χ1v) is 6.86. The molecular weight excluding hydrogens is 216 g/mol. The van der Waals surface area contributed by atoms with Crippen molar-refractivity contribution in [2.24, 2.45) is 5.14 Å². The quantitative estimate of drug-likeness (QED) is 0.619. The molecule has 13 heavy (non-hydrogen) atoms. The first-order chi connectivity index (χ1) is 5.46. The summed E-state index contributed by atoms with van der Waals surface area (Å²) < 4.78 is 43.9. The molecule has 0 atom stereocenters. The topological polar surface area (TPSA) is 106 Å². The van der Waals surface area contributed by atoms with E-state index in [4.69, 9.17) is 0 Å². The van der Waals surface area contributed by atoms with Crippen molar-refractivity contribution in [2.45, 2.75) is 18.6 Å². The Hall–Kier alpha value is -0.180. The highest BCUT2D eigenvalue weighted by Crippen LogP contribution is 2.13.